The van der Waals surface area contributed by atoms with Crippen molar-refractivity contribution in [2.45, 2.75) is 6.42 Å². The number of carbonyl (C=O) groups is 1. The predicted molar refractivity (Wildman–Crippen MR) is 83.7 cm³/mol. The van der Waals surface area contributed by atoms with Crippen molar-refractivity contribution in [3.63, 3.8) is 0 Å². The first-order valence-electron chi connectivity index (χ1n) is 6.04. The molecule has 0 saturated carbocycles. The van der Waals surface area contributed by atoms with E-state index in [1.54, 1.807) is 23.1 Å². The van der Waals surface area contributed by atoms with Crippen molar-refractivity contribution in [3.05, 3.63) is 54.6 Å². The topological polar surface area (TPSA) is 46.3 Å². The third kappa shape index (κ3) is 5.97. The van der Waals surface area contributed by atoms with Crippen LogP contribution in [0.15, 0.2) is 49.1 Å². The third-order valence-electron chi connectivity index (χ3n) is 2.51. The quantitative estimate of drug-likeness (QED) is 0.472. The lowest BCUT2D eigenvalue weighted by molar-refractivity contribution is -0.125. The Balaban J connectivity index is 2.63. The highest BCUT2D eigenvalue weighted by Gasteiger charge is 2.08. The average molecular weight is 274 g/mol. The van der Waals surface area contributed by atoms with E-state index < -0.39 is 0 Å². The van der Waals surface area contributed by atoms with E-state index in [0.29, 0.717) is 24.5 Å². The zero-order valence-corrected chi connectivity index (χ0v) is 11.6. The molecule has 0 bridgehead atoms. The Hall–Kier alpha value is -1.94. The minimum absolute atomic E-state index is 0.0694. The van der Waals surface area contributed by atoms with Crippen LogP contribution in [0.4, 0.5) is 0 Å². The number of hydrogen-bond donors (Lipinski definition) is 1. The second-order valence-corrected chi connectivity index (χ2v) is 4.56. The van der Waals surface area contributed by atoms with Gasteiger partial charge >= 0.3 is 0 Å². The van der Waals surface area contributed by atoms with Crippen molar-refractivity contribution < 1.29 is 4.79 Å². The second-order valence-electron chi connectivity index (χ2n) is 4.03. The molecule has 0 atom stereocenters. The van der Waals surface area contributed by atoms with Crippen LogP contribution >= 0.6 is 12.2 Å². The summed E-state index contributed by atoms with van der Waals surface area (Å²) in [5.74, 6) is -0.0694. The average Bonchev–Trinajstić information content (AvgIpc) is 2.41. The van der Waals surface area contributed by atoms with Crippen LogP contribution in [-0.2, 0) is 4.79 Å². The molecule has 0 aliphatic heterocycles. The predicted octanol–water partition coefficient (Wildman–Crippen LogP) is 2.39. The minimum Gasteiger partial charge on any atom is -0.393 e. The summed E-state index contributed by atoms with van der Waals surface area (Å²) >= 11 is 4.82. The van der Waals surface area contributed by atoms with Crippen LogP contribution in [0, 0.1) is 0 Å². The molecular formula is C15H18N2OS. The fourth-order valence-electron chi connectivity index (χ4n) is 1.53. The SMILES string of the molecule is C=CCN(CCC(N)=S)C(=O)/C=C/c1ccccc1. The van der Waals surface area contributed by atoms with E-state index in [9.17, 15) is 4.79 Å². The van der Waals surface area contributed by atoms with Crippen LogP contribution in [0.2, 0.25) is 0 Å². The van der Waals surface area contributed by atoms with Crippen molar-refractivity contribution in [2.75, 3.05) is 13.1 Å². The van der Waals surface area contributed by atoms with E-state index in [2.05, 4.69) is 6.58 Å². The van der Waals surface area contributed by atoms with Gasteiger partial charge in [-0.05, 0) is 11.6 Å². The van der Waals surface area contributed by atoms with Crippen LogP contribution in [0.25, 0.3) is 6.08 Å². The Morgan fingerprint density at radius 2 is 2.05 bits per heavy atom. The lowest BCUT2D eigenvalue weighted by Gasteiger charge is -2.18. The van der Waals surface area contributed by atoms with Crippen LogP contribution < -0.4 is 5.73 Å². The molecule has 1 aromatic rings. The van der Waals surface area contributed by atoms with E-state index in [1.807, 2.05) is 30.3 Å². The first-order valence-corrected chi connectivity index (χ1v) is 6.45. The Bertz CT molecular complexity index is 468. The Kier molecular flexibility index (Phi) is 6.53. The number of nitrogens with two attached hydrogens (primary N) is 1. The highest BCUT2D eigenvalue weighted by atomic mass is 32.1. The summed E-state index contributed by atoms with van der Waals surface area (Å²) in [4.78, 5) is 14.1. The van der Waals surface area contributed by atoms with Crippen molar-refractivity contribution in [3.8, 4) is 0 Å². The molecule has 3 nitrogen and oxygen atoms in total. The maximum Gasteiger partial charge on any atom is 0.246 e. The van der Waals surface area contributed by atoms with Gasteiger partial charge in [0.15, 0.2) is 0 Å². The molecular weight excluding hydrogens is 256 g/mol. The molecule has 0 aliphatic carbocycles. The van der Waals surface area contributed by atoms with E-state index in [-0.39, 0.29) is 5.91 Å². The van der Waals surface area contributed by atoms with Crippen molar-refractivity contribution in [2.24, 2.45) is 5.73 Å². The normalized spacial score (nSPS) is 10.3. The monoisotopic (exact) mass is 274 g/mol. The Labute approximate surface area is 119 Å². The molecule has 1 aromatic carbocycles. The van der Waals surface area contributed by atoms with Gasteiger partial charge in [-0.1, -0.05) is 48.6 Å². The Morgan fingerprint density at radius 3 is 2.63 bits per heavy atom. The molecule has 0 aromatic heterocycles. The largest absolute Gasteiger partial charge is 0.393 e. The number of benzene rings is 1. The number of nitrogens with zero attached hydrogens (tertiary/aromatic N) is 1. The summed E-state index contributed by atoms with van der Waals surface area (Å²) in [6, 6.07) is 9.68. The van der Waals surface area contributed by atoms with Gasteiger partial charge in [-0.3, -0.25) is 4.79 Å². The van der Waals surface area contributed by atoms with Crippen molar-refractivity contribution >= 4 is 29.2 Å². The van der Waals surface area contributed by atoms with Crippen molar-refractivity contribution in [1.82, 2.24) is 4.90 Å². The number of carbonyl (C=O) groups excluding carboxylic acids is 1. The Morgan fingerprint density at radius 1 is 1.37 bits per heavy atom. The zero-order chi connectivity index (χ0) is 14.1. The number of amides is 1. The number of hydrogen-bond acceptors (Lipinski definition) is 2. The fraction of sp³-hybridized carbons (Fsp3) is 0.200. The highest BCUT2D eigenvalue weighted by Crippen LogP contribution is 2.03. The summed E-state index contributed by atoms with van der Waals surface area (Å²) in [6.45, 7) is 4.65. The minimum atomic E-state index is -0.0694. The number of rotatable bonds is 7. The molecule has 1 amide bonds. The van der Waals surface area contributed by atoms with E-state index >= 15 is 0 Å². The maximum absolute atomic E-state index is 12.0. The van der Waals surface area contributed by atoms with Crippen LogP contribution in [0.3, 0.4) is 0 Å². The summed E-state index contributed by atoms with van der Waals surface area (Å²) in [5, 5.41) is 0. The molecule has 2 N–H and O–H groups in total. The fourth-order valence-corrected chi connectivity index (χ4v) is 1.62. The van der Waals surface area contributed by atoms with Gasteiger partial charge in [0.2, 0.25) is 5.91 Å². The van der Waals surface area contributed by atoms with E-state index in [1.165, 1.54) is 0 Å². The number of thiocarbonyl (C=S) groups is 1. The molecule has 0 saturated heterocycles. The van der Waals surface area contributed by atoms with Gasteiger partial charge < -0.3 is 10.6 Å². The van der Waals surface area contributed by atoms with Crippen LogP contribution in [0.5, 0.6) is 0 Å². The molecule has 1 rings (SSSR count). The van der Waals surface area contributed by atoms with Gasteiger partial charge in [0, 0.05) is 25.6 Å². The molecule has 100 valence electrons. The molecule has 0 radical (unpaired) electrons. The molecule has 19 heavy (non-hydrogen) atoms. The molecule has 4 heteroatoms. The summed E-state index contributed by atoms with van der Waals surface area (Å²) in [7, 11) is 0. The lowest BCUT2D eigenvalue weighted by atomic mass is 10.2. The first kappa shape index (κ1) is 15.1. The van der Waals surface area contributed by atoms with E-state index in [4.69, 9.17) is 18.0 Å². The van der Waals surface area contributed by atoms with Gasteiger partial charge in [0.1, 0.15) is 0 Å². The van der Waals surface area contributed by atoms with Gasteiger partial charge in [-0.15, -0.1) is 6.58 Å². The van der Waals surface area contributed by atoms with Gasteiger partial charge in [0.25, 0.3) is 0 Å². The van der Waals surface area contributed by atoms with Gasteiger partial charge in [0.05, 0.1) is 4.99 Å². The second kappa shape index (κ2) is 8.21. The van der Waals surface area contributed by atoms with Crippen LogP contribution in [-0.4, -0.2) is 28.9 Å². The zero-order valence-electron chi connectivity index (χ0n) is 10.8. The smallest absolute Gasteiger partial charge is 0.246 e. The van der Waals surface area contributed by atoms with Gasteiger partial charge in [-0.25, -0.2) is 0 Å². The first-order chi connectivity index (χ1) is 9.13. The standard InChI is InChI=1S/C15H18N2OS/c1-2-11-17(12-10-14(16)19)15(18)9-8-13-6-4-3-5-7-13/h2-9H,1,10-12H2,(H2,16,19)/b9-8+. The molecule has 0 spiro atoms. The molecule has 0 fully saturated rings. The van der Waals surface area contributed by atoms with Gasteiger partial charge in [-0.2, -0.15) is 0 Å². The molecule has 0 aliphatic rings. The highest BCUT2D eigenvalue weighted by molar-refractivity contribution is 7.80. The molecule has 0 heterocycles. The lowest BCUT2D eigenvalue weighted by Crippen LogP contribution is -2.32. The maximum atomic E-state index is 12.0. The summed E-state index contributed by atoms with van der Waals surface area (Å²) < 4.78 is 0. The third-order valence-corrected chi connectivity index (χ3v) is 2.71. The van der Waals surface area contributed by atoms with Crippen molar-refractivity contribution in [1.29, 1.82) is 0 Å². The van der Waals surface area contributed by atoms with E-state index in [0.717, 1.165) is 5.56 Å². The molecule has 0 unspecified atom stereocenters. The summed E-state index contributed by atoms with van der Waals surface area (Å²) in [5.41, 5.74) is 6.44. The van der Waals surface area contributed by atoms with Crippen LogP contribution in [0.1, 0.15) is 12.0 Å². The summed E-state index contributed by atoms with van der Waals surface area (Å²) in [6.07, 6.45) is 5.56.